The number of rotatable bonds is 4. The molecular weight excluding hydrogens is 354 g/mol. The van der Waals surface area contributed by atoms with E-state index in [0.29, 0.717) is 32.0 Å². The number of carbonyl (C=O) groups excluding carboxylic acids is 1. The van der Waals surface area contributed by atoms with Crippen LogP contribution in [0.4, 0.5) is 32.2 Å². The van der Waals surface area contributed by atoms with Crippen LogP contribution < -0.4 is 10.2 Å². The fraction of sp³-hybridized carbons (Fsp3) is 0.571. The molecule has 1 amide bonds. The number of carbonyl (C=O) groups is 1. The smallest absolute Gasteiger partial charge is 0.354 e. The number of alkyl halides is 6. The van der Waals surface area contributed by atoms with Crippen molar-refractivity contribution >= 4 is 11.7 Å². The first-order valence-electron chi connectivity index (χ1n) is 7.38. The lowest BCUT2D eigenvalue weighted by Gasteiger charge is -2.35. The number of aromatic nitrogens is 1. The van der Waals surface area contributed by atoms with Crippen LogP contribution in [0.15, 0.2) is 18.3 Å². The summed E-state index contributed by atoms with van der Waals surface area (Å²) >= 11 is 0. The fourth-order valence-electron chi connectivity index (χ4n) is 2.33. The van der Waals surface area contributed by atoms with Gasteiger partial charge in [-0.05, 0) is 12.1 Å². The Balaban J connectivity index is 1.80. The highest BCUT2D eigenvalue weighted by Gasteiger charge is 2.31. The van der Waals surface area contributed by atoms with Crippen molar-refractivity contribution in [2.45, 2.75) is 12.4 Å². The Kier molecular flexibility index (Phi) is 5.76. The SMILES string of the molecule is O=C(CN1CCN(c2ccc(C(F)(F)F)cn2)CC1)NCC(F)(F)F. The molecule has 1 aliphatic heterocycles. The van der Waals surface area contributed by atoms with Crippen LogP contribution in [0.2, 0.25) is 0 Å². The number of halogens is 6. The Morgan fingerprint density at radius 1 is 1.08 bits per heavy atom. The van der Waals surface area contributed by atoms with Crippen LogP contribution in [0.3, 0.4) is 0 Å². The van der Waals surface area contributed by atoms with E-state index in [9.17, 15) is 31.1 Å². The zero-order chi connectivity index (χ0) is 18.7. The minimum absolute atomic E-state index is 0.162. The van der Waals surface area contributed by atoms with Gasteiger partial charge in [0.1, 0.15) is 12.4 Å². The third kappa shape index (κ3) is 6.07. The second-order valence-electron chi connectivity index (χ2n) is 5.56. The van der Waals surface area contributed by atoms with Crippen LogP contribution in [-0.2, 0) is 11.0 Å². The van der Waals surface area contributed by atoms with Crippen LogP contribution in [0.25, 0.3) is 0 Å². The predicted octanol–water partition coefficient (Wildman–Crippen LogP) is 1.90. The molecule has 1 fully saturated rings. The van der Waals surface area contributed by atoms with Gasteiger partial charge in [0.05, 0.1) is 12.1 Å². The van der Waals surface area contributed by atoms with Crippen LogP contribution in [-0.4, -0.2) is 61.2 Å². The van der Waals surface area contributed by atoms with Crippen LogP contribution in [0.5, 0.6) is 0 Å². The van der Waals surface area contributed by atoms with Gasteiger partial charge in [-0.2, -0.15) is 26.3 Å². The molecule has 1 aromatic heterocycles. The second kappa shape index (κ2) is 7.46. The zero-order valence-corrected chi connectivity index (χ0v) is 13.0. The molecule has 11 heteroatoms. The Morgan fingerprint density at radius 3 is 2.20 bits per heavy atom. The average molecular weight is 370 g/mol. The summed E-state index contributed by atoms with van der Waals surface area (Å²) in [4.78, 5) is 18.7. The molecule has 2 rings (SSSR count). The van der Waals surface area contributed by atoms with Crippen molar-refractivity contribution in [1.82, 2.24) is 15.2 Å². The monoisotopic (exact) mass is 370 g/mol. The molecule has 0 unspecified atom stereocenters. The summed E-state index contributed by atoms with van der Waals surface area (Å²) in [6.07, 6.45) is -8.15. The molecule has 0 aliphatic carbocycles. The van der Waals surface area contributed by atoms with E-state index in [2.05, 4.69) is 4.98 Å². The number of hydrogen-bond acceptors (Lipinski definition) is 4. The highest BCUT2D eigenvalue weighted by molar-refractivity contribution is 5.78. The van der Waals surface area contributed by atoms with Gasteiger partial charge < -0.3 is 10.2 Å². The number of amides is 1. The molecule has 1 aromatic rings. The van der Waals surface area contributed by atoms with Gasteiger partial charge in [0, 0.05) is 32.4 Å². The van der Waals surface area contributed by atoms with Gasteiger partial charge >= 0.3 is 12.4 Å². The van der Waals surface area contributed by atoms with Gasteiger partial charge in [0.2, 0.25) is 5.91 Å². The van der Waals surface area contributed by atoms with Crippen molar-refractivity contribution < 1.29 is 31.1 Å². The number of anilines is 1. The molecule has 0 saturated carbocycles. The molecule has 25 heavy (non-hydrogen) atoms. The Hall–Kier alpha value is -2.04. The lowest BCUT2D eigenvalue weighted by molar-refractivity contribution is -0.139. The van der Waals surface area contributed by atoms with Crippen molar-refractivity contribution in [2.24, 2.45) is 0 Å². The quantitative estimate of drug-likeness (QED) is 0.823. The predicted molar refractivity (Wildman–Crippen MR) is 77.0 cm³/mol. The van der Waals surface area contributed by atoms with Crippen molar-refractivity contribution in [3.63, 3.8) is 0 Å². The summed E-state index contributed by atoms with van der Waals surface area (Å²) < 4.78 is 73.6. The summed E-state index contributed by atoms with van der Waals surface area (Å²) in [6, 6.07) is 2.22. The van der Waals surface area contributed by atoms with E-state index in [1.165, 1.54) is 6.07 Å². The fourth-order valence-corrected chi connectivity index (χ4v) is 2.33. The molecule has 0 bridgehead atoms. The topological polar surface area (TPSA) is 48.5 Å². The maximum Gasteiger partial charge on any atom is 0.417 e. The third-order valence-electron chi connectivity index (χ3n) is 3.62. The first-order chi connectivity index (χ1) is 11.5. The molecule has 2 heterocycles. The lowest BCUT2D eigenvalue weighted by Crippen LogP contribution is -2.50. The molecule has 1 N–H and O–H groups in total. The number of piperazine rings is 1. The van der Waals surface area contributed by atoms with Gasteiger partial charge in [-0.15, -0.1) is 0 Å². The Bertz CT molecular complexity index is 578. The van der Waals surface area contributed by atoms with Gasteiger partial charge in [0.25, 0.3) is 0 Å². The van der Waals surface area contributed by atoms with Gasteiger partial charge in [-0.25, -0.2) is 4.98 Å². The highest BCUT2D eigenvalue weighted by atomic mass is 19.4. The molecule has 140 valence electrons. The van der Waals surface area contributed by atoms with Crippen molar-refractivity contribution in [2.75, 3.05) is 44.2 Å². The number of hydrogen-bond donors (Lipinski definition) is 1. The van der Waals surface area contributed by atoms with E-state index in [4.69, 9.17) is 0 Å². The van der Waals surface area contributed by atoms with E-state index in [-0.39, 0.29) is 6.54 Å². The summed E-state index contributed by atoms with van der Waals surface area (Å²) in [5.74, 6) is -0.340. The Morgan fingerprint density at radius 2 is 1.72 bits per heavy atom. The van der Waals surface area contributed by atoms with Crippen molar-refractivity contribution in [1.29, 1.82) is 0 Å². The number of nitrogens with one attached hydrogen (secondary N) is 1. The normalized spacial score (nSPS) is 16.8. The van der Waals surface area contributed by atoms with Crippen LogP contribution in [0, 0.1) is 0 Å². The number of pyridine rings is 1. The second-order valence-corrected chi connectivity index (χ2v) is 5.56. The minimum Gasteiger partial charge on any atom is -0.354 e. The third-order valence-corrected chi connectivity index (χ3v) is 3.62. The molecular formula is C14H16F6N4O. The molecule has 1 saturated heterocycles. The largest absolute Gasteiger partial charge is 0.417 e. The van der Waals surface area contributed by atoms with E-state index in [1.54, 1.807) is 15.1 Å². The molecule has 0 radical (unpaired) electrons. The standard InChI is InChI=1S/C14H16F6N4O/c15-13(16,17)9-22-12(25)8-23-3-5-24(6-4-23)11-2-1-10(7-21-11)14(18,19)20/h1-2,7H,3-6,8-9H2,(H,22,25). The number of nitrogens with zero attached hydrogens (tertiary/aromatic N) is 3. The van der Waals surface area contributed by atoms with E-state index < -0.39 is 30.4 Å². The van der Waals surface area contributed by atoms with Crippen molar-refractivity contribution in [3.8, 4) is 0 Å². The first-order valence-corrected chi connectivity index (χ1v) is 7.38. The molecule has 0 spiro atoms. The van der Waals surface area contributed by atoms with E-state index in [0.717, 1.165) is 12.3 Å². The highest BCUT2D eigenvalue weighted by Crippen LogP contribution is 2.29. The average Bonchev–Trinajstić information content (AvgIpc) is 2.52. The van der Waals surface area contributed by atoms with Crippen LogP contribution in [0.1, 0.15) is 5.56 Å². The lowest BCUT2D eigenvalue weighted by atomic mass is 10.2. The van der Waals surface area contributed by atoms with Gasteiger partial charge in [0.15, 0.2) is 0 Å². The van der Waals surface area contributed by atoms with E-state index in [1.807, 2.05) is 0 Å². The summed E-state index contributed by atoms with van der Waals surface area (Å²) in [6.45, 7) is 0.0613. The van der Waals surface area contributed by atoms with Gasteiger partial charge in [-0.3, -0.25) is 9.69 Å². The summed E-state index contributed by atoms with van der Waals surface area (Å²) in [5.41, 5.74) is -0.837. The summed E-state index contributed by atoms with van der Waals surface area (Å²) in [7, 11) is 0. The minimum atomic E-state index is -4.46. The van der Waals surface area contributed by atoms with Gasteiger partial charge in [-0.1, -0.05) is 0 Å². The molecule has 1 aliphatic rings. The first kappa shape index (κ1) is 19.3. The molecule has 0 atom stereocenters. The maximum absolute atomic E-state index is 12.5. The molecule has 5 nitrogen and oxygen atoms in total. The molecule has 0 aromatic carbocycles. The van der Waals surface area contributed by atoms with E-state index >= 15 is 0 Å². The van der Waals surface area contributed by atoms with Crippen molar-refractivity contribution in [3.05, 3.63) is 23.9 Å². The zero-order valence-electron chi connectivity index (χ0n) is 13.0. The summed E-state index contributed by atoms with van der Waals surface area (Å²) in [5, 5.41) is 1.80. The Labute approximate surface area is 139 Å². The van der Waals surface area contributed by atoms with Crippen LogP contribution >= 0.6 is 0 Å². The maximum atomic E-state index is 12.5.